The average molecular weight is 298 g/mol. The normalized spacial score (nSPS) is 18.0. The Balaban J connectivity index is 3.77. The van der Waals surface area contributed by atoms with Crippen molar-refractivity contribution in [2.75, 3.05) is 32.7 Å². The Labute approximate surface area is 119 Å². The standard InChI is InChI=1S/C12H26O6S/c1-17-7-9(13)11(15)12(16)10(14)8-18-5-3-2-4-6-19/h9-16,19H,2-8H2,1H3/t9?,10?,11-,12+/m1/s1. The van der Waals surface area contributed by atoms with Crippen molar-refractivity contribution < 1.29 is 29.9 Å². The third-order valence-corrected chi connectivity index (χ3v) is 3.03. The summed E-state index contributed by atoms with van der Waals surface area (Å²) in [5.41, 5.74) is 0. The van der Waals surface area contributed by atoms with E-state index in [1.54, 1.807) is 0 Å². The van der Waals surface area contributed by atoms with Gasteiger partial charge in [-0.2, -0.15) is 12.6 Å². The molecule has 6 nitrogen and oxygen atoms in total. The topological polar surface area (TPSA) is 99.4 Å². The van der Waals surface area contributed by atoms with Crippen LogP contribution in [0, 0.1) is 0 Å². The van der Waals surface area contributed by atoms with Crippen LogP contribution in [0.25, 0.3) is 0 Å². The molecule has 116 valence electrons. The smallest absolute Gasteiger partial charge is 0.111 e. The first kappa shape index (κ1) is 19.1. The van der Waals surface area contributed by atoms with Gasteiger partial charge in [0.2, 0.25) is 0 Å². The van der Waals surface area contributed by atoms with E-state index in [9.17, 15) is 20.4 Å². The summed E-state index contributed by atoms with van der Waals surface area (Å²) in [6.45, 7) is 0.280. The first-order chi connectivity index (χ1) is 9.04. The minimum Gasteiger partial charge on any atom is -0.388 e. The molecule has 0 amide bonds. The number of ether oxygens (including phenoxy) is 2. The molecule has 0 aromatic carbocycles. The van der Waals surface area contributed by atoms with Gasteiger partial charge in [0.05, 0.1) is 13.2 Å². The lowest BCUT2D eigenvalue weighted by Gasteiger charge is -2.26. The van der Waals surface area contributed by atoms with Gasteiger partial charge >= 0.3 is 0 Å². The molecule has 0 bridgehead atoms. The van der Waals surface area contributed by atoms with Crippen LogP contribution in [-0.2, 0) is 9.47 Å². The van der Waals surface area contributed by atoms with Crippen LogP contribution in [0.2, 0.25) is 0 Å². The Morgan fingerprint density at radius 1 is 0.895 bits per heavy atom. The first-order valence-corrected chi connectivity index (χ1v) is 7.07. The summed E-state index contributed by atoms with van der Waals surface area (Å²) < 4.78 is 9.84. The second-order valence-corrected chi connectivity index (χ2v) is 4.88. The summed E-state index contributed by atoms with van der Waals surface area (Å²) in [5, 5.41) is 38.2. The molecule has 0 aliphatic carbocycles. The second-order valence-electron chi connectivity index (χ2n) is 4.43. The Kier molecular flexibility index (Phi) is 12.0. The van der Waals surface area contributed by atoms with Crippen molar-refractivity contribution in [1.29, 1.82) is 0 Å². The third-order valence-electron chi connectivity index (χ3n) is 2.71. The van der Waals surface area contributed by atoms with Crippen molar-refractivity contribution in [3.05, 3.63) is 0 Å². The number of aliphatic hydroxyl groups excluding tert-OH is 4. The van der Waals surface area contributed by atoms with Crippen LogP contribution in [0.5, 0.6) is 0 Å². The van der Waals surface area contributed by atoms with Crippen LogP contribution in [0.3, 0.4) is 0 Å². The van der Waals surface area contributed by atoms with E-state index in [0.717, 1.165) is 25.0 Å². The molecular weight excluding hydrogens is 272 g/mol. The van der Waals surface area contributed by atoms with Crippen LogP contribution >= 0.6 is 12.6 Å². The minimum atomic E-state index is -1.47. The maximum absolute atomic E-state index is 9.62. The van der Waals surface area contributed by atoms with E-state index < -0.39 is 24.4 Å². The summed E-state index contributed by atoms with van der Waals surface area (Å²) in [7, 11) is 1.37. The molecule has 0 aromatic rings. The Bertz CT molecular complexity index is 207. The third kappa shape index (κ3) is 8.80. The van der Waals surface area contributed by atoms with Gasteiger partial charge in [0, 0.05) is 13.7 Å². The van der Waals surface area contributed by atoms with Crippen LogP contribution < -0.4 is 0 Å². The summed E-state index contributed by atoms with van der Waals surface area (Å²) in [4.78, 5) is 0. The summed E-state index contributed by atoms with van der Waals surface area (Å²) in [5.74, 6) is 0.838. The van der Waals surface area contributed by atoms with E-state index in [0.29, 0.717) is 6.61 Å². The van der Waals surface area contributed by atoms with Crippen LogP contribution in [0.15, 0.2) is 0 Å². The fourth-order valence-electron chi connectivity index (χ4n) is 1.52. The fraction of sp³-hybridized carbons (Fsp3) is 1.00. The predicted octanol–water partition coefficient (Wildman–Crippen LogP) is -0.807. The van der Waals surface area contributed by atoms with E-state index in [4.69, 9.17) is 4.74 Å². The van der Waals surface area contributed by atoms with Crippen molar-refractivity contribution in [2.24, 2.45) is 0 Å². The zero-order valence-corrected chi connectivity index (χ0v) is 12.2. The lowest BCUT2D eigenvalue weighted by molar-refractivity contribution is -0.131. The molecule has 0 heterocycles. The second kappa shape index (κ2) is 11.9. The molecule has 0 aliphatic heterocycles. The van der Waals surface area contributed by atoms with Crippen molar-refractivity contribution in [2.45, 2.75) is 43.7 Å². The summed E-state index contributed by atoms with van der Waals surface area (Å²) >= 11 is 4.09. The van der Waals surface area contributed by atoms with Gasteiger partial charge in [-0.1, -0.05) is 6.42 Å². The van der Waals surface area contributed by atoms with Crippen LogP contribution in [0.1, 0.15) is 19.3 Å². The number of hydrogen-bond donors (Lipinski definition) is 5. The monoisotopic (exact) mass is 298 g/mol. The molecule has 0 aliphatic rings. The average Bonchev–Trinajstić information content (AvgIpc) is 2.41. The highest BCUT2D eigenvalue weighted by molar-refractivity contribution is 7.80. The lowest BCUT2D eigenvalue weighted by atomic mass is 10.0. The largest absolute Gasteiger partial charge is 0.388 e. The molecule has 2 unspecified atom stereocenters. The zero-order valence-electron chi connectivity index (χ0n) is 11.3. The van der Waals surface area contributed by atoms with E-state index in [1.807, 2.05) is 0 Å². The number of hydrogen-bond acceptors (Lipinski definition) is 7. The van der Waals surface area contributed by atoms with Crippen molar-refractivity contribution >= 4 is 12.6 Å². The molecule has 0 fully saturated rings. The number of thiol groups is 1. The van der Waals surface area contributed by atoms with E-state index >= 15 is 0 Å². The van der Waals surface area contributed by atoms with Gasteiger partial charge in [0.1, 0.15) is 24.4 Å². The highest BCUT2D eigenvalue weighted by Crippen LogP contribution is 2.07. The van der Waals surface area contributed by atoms with Crippen molar-refractivity contribution in [3.8, 4) is 0 Å². The van der Waals surface area contributed by atoms with Gasteiger partial charge in [-0.05, 0) is 18.6 Å². The summed E-state index contributed by atoms with van der Waals surface area (Å²) in [6, 6.07) is 0. The molecule has 19 heavy (non-hydrogen) atoms. The maximum Gasteiger partial charge on any atom is 0.111 e. The SMILES string of the molecule is COCC(O)[C@@H](O)[C@@H](O)C(O)COCCCCCS. The predicted molar refractivity (Wildman–Crippen MR) is 74.4 cm³/mol. The number of methoxy groups -OCH3 is 1. The minimum absolute atomic E-state index is 0.0845. The van der Waals surface area contributed by atoms with Gasteiger partial charge in [-0.25, -0.2) is 0 Å². The highest BCUT2D eigenvalue weighted by atomic mass is 32.1. The van der Waals surface area contributed by atoms with Crippen molar-refractivity contribution in [3.63, 3.8) is 0 Å². The molecule has 0 rings (SSSR count). The van der Waals surface area contributed by atoms with Gasteiger partial charge in [-0.3, -0.25) is 0 Å². The molecule has 7 heteroatoms. The molecule has 4 N–H and O–H groups in total. The Morgan fingerprint density at radius 3 is 2.00 bits per heavy atom. The van der Waals surface area contributed by atoms with E-state index in [-0.39, 0.29) is 13.2 Å². The lowest BCUT2D eigenvalue weighted by Crippen LogP contribution is -2.47. The number of rotatable bonds is 12. The van der Waals surface area contributed by atoms with Gasteiger partial charge in [0.25, 0.3) is 0 Å². The van der Waals surface area contributed by atoms with E-state index in [2.05, 4.69) is 17.4 Å². The van der Waals surface area contributed by atoms with E-state index in [1.165, 1.54) is 7.11 Å². The molecule has 0 radical (unpaired) electrons. The first-order valence-electron chi connectivity index (χ1n) is 6.44. The number of aliphatic hydroxyl groups is 4. The van der Waals surface area contributed by atoms with Crippen LogP contribution in [0.4, 0.5) is 0 Å². The van der Waals surface area contributed by atoms with Gasteiger partial charge < -0.3 is 29.9 Å². The van der Waals surface area contributed by atoms with Crippen LogP contribution in [-0.4, -0.2) is 77.5 Å². The Hall–Kier alpha value is 0.110. The van der Waals surface area contributed by atoms with Gasteiger partial charge in [-0.15, -0.1) is 0 Å². The molecular formula is C12H26O6S. The molecule has 0 spiro atoms. The molecule has 0 aromatic heterocycles. The number of unbranched alkanes of at least 4 members (excludes halogenated alkanes) is 2. The molecule has 0 saturated heterocycles. The van der Waals surface area contributed by atoms with Gasteiger partial charge in [0.15, 0.2) is 0 Å². The van der Waals surface area contributed by atoms with Crippen molar-refractivity contribution in [1.82, 2.24) is 0 Å². The molecule has 4 atom stereocenters. The molecule has 0 saturated carbocycles. The zero-order chi connectivity index (χ0) is 14.7. The fourth-order valence-corrected chi connectivity index (χ4v) is 1.74. The summed E-state index contributed by atoms with van der Waals surface area (Å²) in [6.07, 6.45) is -2.56. The highest BCUT2D eigenvalue weighted by Gasteiger charge is 2.30. The quantitative estimate of drug-likeness (QED) is 0.239. The Morgan fingerprint density at radius 2 is 1.47 bits per heavy atom. The maximum atomic E-state index is 9.62.